The zero-order valence-corrected chi connectivity index (χ0v) is 9.07. The van der Waals surface area contributed by atoms with Gasteiger partial charge in [-0.25, -0.2) is 0 Å². The summed E-state index contributed by atoms with van der Waals surface area (Å²) in [5, 5.41) is 10.3. The van der Waals surface area contributed by atoms with E-state index in [1.54, 1.807) is 7.05 Å². The largest absolute Gasteiger partial charge is 0.314 e. The lowest BCUT2D eigenvalue weighted by molar-refractivity contribution is -0.0731. The van der Waals surface area contributed by atoms with E-state index in [1.165, 1.54) is 10.6 Å². The van der Waals surface area contributed by atoms with Crippen LogP contribution in [0.2, 0.25) is 0 Å². The van der Waals surface area contributed by atoms with Gasteiger partial charge in [0.1, 0.15) is 0 Å². The van der Waals surface area contributed by atoms with Gasteiger partial charge in [-0.3, -0.25) is 0 Å². The van der Waals surface area contributed by atoms with E-state index >= 15 is 0 Å². The molecule has 1 aromatic rings. The molecule has 1 N–H and O–H groups in total. The van der Waals surface area contributed by atoms with Crippen LogP contribution >= 0.6 is 0 Å². The first-order valence-electron chi connectivity index (χ1n) is 4.70. The zero-order valence-electron chi connectivity index (χ0n) is 9.07. The van der Waals surface area contributed by atoms with Crippen LogP contribution in [0.1, 0.15) is 11.1 Å². The highest BCUT2D eigenvalue weighted by atomic mass is 16.5. The Bertz CT molecular complexity index is 259. The van der Waals surface area contributed by atoms with Gasteiger partial charge in [0, 0.05) is 20.1 Å². The number of benzene rings is 1. The second kappa shape index (κ2) is 5.10. The van der Waals surface area contributed by atoms with Crippen molar-refractivity contribution in [2.24, 2.45) is 0 Å². The molecule has 0 fully saturated rings. The average Bonchev–Trinajstić information content (AvgIpc) is 2.01. The van der Waals surface area contributed by atoms with E-state index in [-0.39, 0.29) is 0 Å². The van der Waals surface area contributed by atoms with Gasteiger partial charge in [-0.05, 0) is 25.2 Å². The quantitative estimate of drug-likeness (QED) is 0.737. The van der Waals surface area contributed by atoms with Crippen molar-refractivity contribution < 1.29 is 5.21 Å². The van der Waals surface area contributed by atoms with E-state index in [0.717, 1.165) is 12.1 Å². The van der Waals surface area contributed by atoms with Gasteiger partial charge >= 0.3 is 0 Å². The minimum atomic E-state index is 0.571. The van der Waals surface area contributed by atoms with Gasteiger partial charge in [0.25, 0.3) is 0 Å². The minimum Gasteiger partial charge on any atom is -0.314 e. The summed E-state index contributed by atoms with van der Waals surface area (Å²) in [4.78, 5) is 2.13. The molecule has 0 spiro atoms. The molecule has 1 rings (SSSR count). The van der Waals surface area contributed by atoms with E-state index in [0.29, 0.717) is 6.54 Å². The van der Waals surface area contributed by atoms with Crippen molar-refractivity contribution in [2.45, 2.75) is 13.1 Å². The van der Waals surface area contributed by atoms with Crippen LogP contribution in [0, 0.1) is 0 Å². The molecule has 0 heterocycles. The fourth-order valence-corrected chi connectivity index (χ4v) is 1.46. The van der Waals surface area contributed by atoms with Crippen LogP contribution in [0.3, 0.4) is 0 Å². The fourth-order valence-electron chi connectivity index (χ4n) is 1.46. The van der Waals surface area contributed by atoms with Crippen molar-refractivity contribution in [3.63, 3.8) is 0 Å². The highest BCUT2D eigenvalue weighted by Gasteiger charge is 1.99. The topological polar surface area (TPSA) is 26.7 Å². The Morgan fingerprint density at radius 1 is 1.07 bits per heavy atom. The Hall–Kier alpha value is -0.900. The third-order valence-electron chi connectivity index (χ3n) is 1.90. The molecule has 0 radical (unpaired) electrons. The third kappa shape index (κ3) is 3.87. The van der Waals surface area contributed by atoms with Gasteiger partial charge in [-0.15, -0.1) is 0 Å². The molecule has 1 aromatic carbocycles. The molecule has 0 atom stereocenters. The van der Waals surface area contributed by atoms with Crippen molar-refractivity contribution in [3.05, 3.63) is 35.4 Å². The number of hydrogen-bond acceptors (Lipinski definition) is 3. The Labute approximate surface area is 85.5 Å². The highest BCUT2D eigenvalue weighted by Crippen LogP contribution is 2.08. The molecular formula is C11H18N2O. The molecule has 3 heteroatoms. The van der Waals surface area contributed by atoms with Crippen molar-refractivity contribution >= 4 is 0 Å². The lowest BCUT2D eigenvalue weighted by atomic mass is 10.1. The van der Waals surface area contributed by atoms with E-state index in [1.807, 2.05) is 26.2 Å². The van der Waals surface area contributed by atoms with Crippen LogP contribution in [0.25, 0.3) is 0 Å². The zero-order chi connectivity index (χ0) is 10.6. The molecule has 0 aliphatic heterocycles. The van der Waals surface area contributed by atoms with E-state index in [2.05, 4.69) is 17.0 Å². The molecule has 0 bridgehead atoms. The number of rotatable bonds is 4. The smallest absolute Gasteiger partial charge is 0.0485 e. The Morgan fingerprint density at radius 2 is 1.64 bits per heavy atom. The molecular weight excluding hydrogens is 176 g/mol. The number of nitrogens with zero attached hydrogens (tertiary/aromatic N) is 2. The fraction of sp³-hybridized carbons (Fsp3) is 0.455. The Kier molecular flexibility index (Phi) is 4.07. The van der Waals surface area contributed by atoms with Crippen LogP contribution in [0.5, 0.6) is 0 Å². The van der Waals surface area contributed by atoms with Crippen LogP contribution in [0.4, 0.5) is 0 Å². The second-order valence-electron chi connectivity index (χ2n) is 3.87. The van der Waals surface area contributed by atoms with Crippen LogP contribution < -0.4 is 0 Å². The summed E-state index contributed by atoms with van der Waals surface area (Å²) in [6, 6.07) is 8.26. The van der Waals surface area contributed by atoms with Gasteiger partial charge in [0.05, 0.1) is 0 Å². The summed E-state index contributed by atoms with van der Waals surface area (Å²) in [6.45, 7) is 1.50. The first kappa shape index (κ1) is 11.2. The van der Waals surface area contributed by atoms with Crippen molar-refractivity contribution in [1.29, 1.82) is 0 Å². The molecule has 3 nitrogen and oxygen atoms in total. The first-order chi connectivity index (χ1) is 6.58. The monoisotopic (exact) mass is 194 g/mol. The maximum absolute atomic E-state index is 9.10. The average molecular weight is 194 g/mol. The number of hydrogen-bond donors (Lipinski definition) is 1. The molecule has 0 saturated heterocycles. The molecule has 0 amide bonds. The van der Waals surface area contributed by atoms with E-state index < -0.39 is 0 Å². The van der Waals surface area contributed by atoms with Gasteiger partial charge in [-0.1, -0.05) is 24.3 Å². The summed E-state index contributed by atoms with van der Waals surface area (Å²) < 4.78 is 0. The third-order valence-corrected chi connectivity index (χ3v) is 1.90. The lowest BCUT2D eigenvalue weighted by Gasteiger charge is -2.12. The molecule has 0 saturated carbocycles. The molecule has 14 heavy (non-hydrogen) atoms. The summed E-state index contributed by atoms with van der Waals surface area (Å²) in [5.41, 5.74) is 2.41. The lowest BCUT2D eigenvalue weighted by Crippen LogP contribution is -2.13. The number of hydroxylamine groups is 2. The normalized spacial score (nSPS) is 11.3. The SMILES string of the molecule is CN(C)Cc1cccc(CN(C)O)c1. The van der Waals surface area contributed by atoms with Gasteiger partial charge in [0.2, 0.25) is 0 Å². The second-order valence-corrected chi connectivity index (χ2v) is 3.87. The van der Waals surface area contributed by atoms with E-state index in [9.17, 15) is 0 Å². The van der Waals surface area contributed by atoms with Crippen molar-refractivity contribution in [1.82, 2.24) is 9.96 Å². The predicted molar refractivity (Wildman–Crippen MR) is 57.1 cm³/mol. The molecule has 0 unspecified atom stereocenters. The summed E-state index contributed by atoms with van der Waals surface area (Å²) in [5.74, 6) is 0. The first-order valence-corrected chi connectivity index (χ1v) is 4.70. The van der Waals surface area contributed by atoms with E-state index in [4.69, 9.17) is 5.21 Å². The van der Waals surface area contributed by atoms with Crippen LogP contribution in [-0.2, 0) is 13.1 Å². The molecule has 78 valence electrons. The van der Waals surface area contributed by atoms with Gasteiger partial charge in [-0.2, -0.15) is 5.06 Å². The van der Waals surface area contributed by atoms with Gasteiger partial charge < -0.3 is 10.1 Å². The van der Waals surface area contributed by atoms with Crippen molar-refractivity contribution in [3.8, 4) is 0 Å². The van der Waals surface area contributed by atoms with Crippen LogP contribution in [-0.4, -0.2) is 36.3 Å². The Morgan fingerprint density at radius 3 is 2.14 bits per heavy atom. The van der Waals surface area contributed by atoms with Crippen LogP contribution in [0.15, 0.2) is 24.3 Å². The Balaban J connectivity index is 2.68. The maximum Gasteiger partial charge on any atom is 0.0485 e. The predicted octanol–water partition coefficient (Wildman–Crippen LogP) is 1.57. The highest BCUT2D eigenvalue weighted by molar-refractivity contribution is 5.23. The maximum atomic E-state index is 9.10. The van der Waals surface area contributed by atoms with Gasteiger partial charge in [0.15, 0.2) is 0 Å². The summed E-state index contributed by atoms with van der Waals surface area (Å²) in [7, 11) is 5.74. The summed E-state index contributed by atoms with van der Waals surface area (Å²) >= 11 is 0. The minimum absolute atomic E-state index is 0.571. The van der Waals surface area contributed by atoms with Crippen molar-refractivity contribution in [2.75, 3.05) is 21.1 Å². The molecule has 0 aliphatic rings. The standard InChI is InChI=1S/C11H18N2O/c1-12(2)8-10-5-4-6-11(7-10)9-13(3)14/h4-7,14H,8-9H2,1-3H3. The summed E-state index contributed by atoms with van der Waals surface area (Å²) in [6.07, 6.45) is 0. The molecule has 0 aromatic heterocycles. The molecule has 0 aliphatic carbocycles.